The Hall–Kier alpha value is -1.55. The van der Waals surface area contributed by atoms with Gasteiger partial charge in [0.05, 0.1) is 6.61 Å². The van der Waals surface area contributed by atoms with Crippen molar-refractivity contribution in [1.29, 1.82) is 0 Å². The van der Waals surface area contributed by atoms with Crippen molar-refractivity contribution in [3.63, 3.8) is 0 Å². The lowest BCUT2D eigenvalue weighted by Crippen LogP contribution is -2.34. The van der Waals surface area contributed by atoms with Crippen molar-refractivity contribution in [1.82, 2.24) is 4.90 Å². The lowest BCUT2D eigenvalue weighted by atomic mass is 10.1. The van der Waals surface area contributed by atoms with Crippen LogP contribution in [0.1, 0.15) is 35.7 Å². The Labute approximate surface area is 115 Å². The van der Waals surface area contributed by atoms with Gasteiger partial charge in [-0.3, -0.25) is 4.79 Å². The van der Waals surface area contributed by atoms with Gasteiger partial charge in [-0.2, -0.15) is 0 Å². The minimum atomic E-state index is -0.00625. The van der Waals surface area contributed by atoms with Crippen LogP contribution in [0.3, 0.4) is 0 Å². The molecule has 0 radical (unpaired) electrons. The number of rotatable bonds is 7. The average molecular weight is 264 g/mol. The normalized spacial score (nSPS) is 10.3. The molecule has 1 aromatic carbocycles. The monoisotopic (exact) mass is 264 g/mol. The number of anilines is 1. The van der Waals surface area contributed by atoms with Crippen molar-refractivity contribution in [3.05, 3.63) is 29.3 Å². The molecule has 0 saturated carbocycles. The largest absolute Gasteiger partial charge is 0.395 e. The van der Waals surface area contributed by atoms with E-state index in [9.17, 15) is 4.79 Å². The van der Waals surface area contributed by atoms with Crippen LogP contribution in [0.25, 0.3) is 0 Å². The Morgan fingerprint density at radius 3 is 2.63 bits per heavy atom. The smallest absolute Gasteiger partial charge is 0.253 e. The van der Waals surface area contributed by atoms with Crippen LogP contribution in [0.5, 0.6) is 0 Å². The molecule has 0 aromatic heterocycles. The molecule has 0 heterocycles. The molecule has 0 aliphatic rings. The molecule has 0 atom stereocenters. The minimum Gasteiger partial charge on any atom is -0.395 e. The number of aryl methyl sites for hydroxylation is 1. The fourth-order valence-corrected chi connectivity index (χ4v) is 2.04. The van der Waals surface area contributed by atoms with E-state index in [0.717, 1.165) is 24.1 Å². The van der Waals surface area contributed by atoms with Gasteiger partial charge in [0.15, 0.2) is 0 Å². The zero-order valence-corrected chi connectivity index (χ0v) is 12.1. The number of amides is 1. The lowest BCUT2D eigenvalue weighted by molar-refractivity contribution is 0.0719. The minimum absolute atomic E-state index is 0.00301. The molecule has 4 nitrogen and oxygen atoms in total. The number of nitrogens with one attached hydrogen (secondary N) is 1. The van der Waals surface area contributed by atoms with Crippen LogP contribution in [0, 0.1) is 6.92 Å². The number of unbranched alkanes of at least 4 members (excludes halogenated alkanes) is 1. The maximum Gasteiger partial charge on any atom is 0.253 e. The summed E-state index contributed by atoms with van der Waals surface area (Å²) < 4.78 is 0. The second-order valence-corrected chi connectivity index (χ2v) is 4.65. The van der Waals surface area contributed by atoms with Gasteiger partial charge in [0, 0.05) is 31.4 Å². The van der Waals surface area contributed by atoms with E-state index in [4.69, 9.17) is 5.11 Å². The van der Waals surface area contributed by atoms with Crippen molar-refractivity contribution < 1.29 is 9.90 Å². The first kappa shape index (κ1) is 15.5. The third kappa shape index (κ3) is 4.24. The van der Waals surface area contributed by atoms with E-state index < -0.39 is 0 Å². The van der Waals surface area contributed by atoms with E-state index in [0.29, 0.717) is 18.7 Å². The Kier molecular flexibility index (Phi) is 6.36. The molecule has 1 rings (SSSR count). The summed E-state index contributed by atoms with van der Waals surface area (Å²) in [6.45, 7) is 5.16. The molecule has 19 heavy (non-hydrogen) atoms. The van der Waals surface area contributed by atoms with Crippen molar-refractivity contribution in [3.8, 4) is 0 Å². The number of carbonyl (C=O) groups is 1. The van der Waals surface area contributed by atoms with E-state index in [1.165, 1.54) is 0 Å². The van der Waals surface area contributed by atoms with E-state index in [1.807, 2.05) is 32.2 Å². The highest BCUT2D eigenvalue weighted by atomic mass is 16.3. The molecule has 2 N–H and O–H groups in total. The van der Waals surface area contributed by atoms with Gasteiger partial charge in [-0.05, 0) is 37.1 Å². The van der Waals surface area contributed by atoms with Crippen LogP contribution < -0.4 is 5.32 Å². The lowest BCUT2D eigenvalue weighted by Gasteiger charge is -2.22. The zero-order chi connectivity index (χ0) is 14.3. The third-order valence-corrected chi connectivity index (χ3v) is 3.18. The number of aliphatic hydroxyl groups is 1. The molecule has 1 aromatic rings. The Bertz CT molecular complexity index is 419. The highest BCUT2D eigenvalue weighted by molar-refractivity contribution is 5.95. The summed E-state index contributed by atoms with van der Waals surface area (Å²) >= 11 is 0. The SMILES string of the molecule is CCCCN(CCO)C(=O)c1ccc(NC)c(C)c1. The molecule has 0 bridgehead atoms. The summed E-state index contributed by atoms with van der Waals surface area (Å²) in [5.74, 6) is -0.00625. The van der Waals surface area contributed by atoms with Crippen LogP contribution in [-0.2, 0) is 0 Å². The predicted octanol–water partition coefficient (Wildman–Crippen LogP) is 2.27. The molecule has 1 amide bonds. The van der Waals surface area contributed by atoms with Crippen molar-refractivity contribution in [2.24, 2.45) is 0 Å². The van der Waals surface area contributed by atoms with E-state index >= 15 is 0 Å². The zero-order valence-electron chi connectivity index (χ0n) is 12.1. The standard InChI is InChI=1S/C15H24N2O2/c1-4-5-8-17(9-10-18)15(19)13-6-7-14(16-3)12(2)11-13/h6-7,11,16,18H,4-5,8-10H2,1-3H3. The summed E-state index contributed by atoms with van der Waals surface area (Å²) in [4.78, 5) is 14.1. The molecule has 106 valence electrons. The van der Waals surface area contributed by atoms with Crippen LogP contribution in [0.2, 0.25) is 0 Å². The van der Waals surface area contributed by atoms with Crippen molar-refractivity contribution in [2.45, 2.75) is 26.7 Å². The van der Waals surface area contributed by atoms with E-state index in [2.05, 4.69) is 12.2 Å². The van der Waals surface area contributed by atoms with Crippen molar-refractivity contribution in [2.75, 3.05) is 32.1 Å². The summed E-state index contributed by atoms with van der Waals surface area (Å²) in [5.41, 5.74) is 2.76. The van der Waals surface area contributed by atoms with Crippen LogP contribution in [-0.4, -0.2) is 42.7 Å². The highest BCUT2D eigenvalue weighted by Crippen LogP contribution is 2.17. The summed E-state index contributed by atoms with van der Waals surface area (Å²) in [6, 6.07) is 5.64. The van der Waals surface area contributed by atoms with Gasteiger partial charge in [-0.25, -0.2) is 0 Å². The molecular formula is C15H24N2O2. The van der Waals surface area contributed by atoms with Gasteiger partial charge in [-0.15, -0.1) is 0 Å². The van der Waals surface area contributed by atoms with Crippen LogP contribution in [0.4, 0.5) is 5.69 Å². The highest BCUT2D eigenvalue weighted by Gasteiger charge is 2.15. The Balaban J connectivity index is 2.86. The summed E-state index contributed by atoms with van der Waals surface area (Å²) in [7, 11) is 1.86. The molecule has 0 aliphatic heterocycles. The van der Waals surface area contributed by atoms with Gasteiger partial charge in [0.25, 0.3) is 5.91 Å². The molecule has 0 unspecified atom stereocenters. The molecule has 0 fully saturated rings. The first-order chi connectivity index (χ1) is 9.13. The molecular weight excluding hydrogens is 240 g/mol. The fraction of sp³-hybridized carbons (Fsp3) is 0.533. The first-order valence-electron chi connectivity index (χ1n) is 6.82. The van der Waals surface area contributed by atoms with Crippen molar-refractivity contribution >= 4 is 11.6 Å². The van der Waals surface area contributed by atoms with Crippen LogP contribution >= 0.6 is 0 Å². The first-order valence-corrected chi connectivity index (χ1v) is 6.82. The Morgan fingerprint density at radius 1 is 1.37 bits per heavy atom. The van der Waals surface area contributed by atoms with E-state index in [1.54, 1.807) is 4.90 Å². The van der Waals surface area contributed by atoms with Gasteiger partial charge < -0.3 is 15.3 Å². The molecule has 4 heteroatoms. The van der Waals surface area contributed by atoms with Gasteiger partial charge in [-0.1, -0.05) is 13.3 Å². The maximum atomic E-state index is 12.4. The number of benzene rings is 1. The van der Waals surface area contributed by atoms with Gasteiger partial charge in [0.1, 0.15) is 0 Å². The number of nitrogens with zero attached hydrogens (tertiary/aromatic N) is 1. The van der Waals surface area contributed by atoms with Crippen LogP contribution in [0.15, 0.2) is 18.2 Å². The van der Waals surface area contributed by atoms with E-state index in [-0.39, 0.29) is 12.5 Å². The van der Waals surface area contributed by atoms with Gasteiger partial charge >= 0.3 is 0 Å². The predicted molar refractivity (Wildman–Crippen MR) is 78.6 cm³/mol. The average Bonchev–Trinajstić information content (AvgIpc) is 2.42. The second kappa shape index (κ2) is 7.79. The number of hydrogen-bond acceptors (Lipinski definition) is 3. The Morgan fingerprint density at radius 2 is 2.11 bits per heavy atom. The third-order valence-electron chi connectivity index (χ3n) is 3.18. The topological polar surface area (TPSA) is 52.6 Å². The molecule has 0 spiro atoms. The van der Waals surface area contributed by atoms with Gasteiger partial charge in [0.2, 0.25) is 0 Å². The molecule has 0 aliphatic carbocycles. The quantitative estimate of drug-likeness (QED) is 0.794. The second-order valence-electron chi connectivity index (χ2n) is 4.65. The summed E-state index contributed by atoms with van der Waals surface area (Å²) in [5, 5.41) is 12.1. The number of carbonyl (C=O) groups excluding carboxylic acids is 1. The fourth-order valence-electron chi connectivity index (χ4n) is 2.04. The maximum absolute atomic E-state index is 12.4. The number of aliphatic hydroxyl groups excluding tert-OH is 1. The molecule has 0 saturated heterocycles. The summed E-state index contributed by atoms with van der Waals surface area (Å²) in [6.07, 6.45) is 1.99. The number of hydrogen-bond donors (Lipinski definition) is 2.